The first-order chi connectivity index (χ1) is 14.9. The van der Waals surface area contributed by atoms with Gasteiger partial charge in [0.15, 0.2) is 0 Å². The van der Waals surface area contributed by atoms with Gasteiger partial charge in [-0.25, -0.2) is 18.7 Å². The smallest absolute Gasteiger partial charge is 0.310 e. The van der Waals surface area contributed by atoms with Crippen LogP contribution in [0.5, 0.6) is 0 Å². The number of nitrogens with zero attached hydrogens (tertiary/aromatic N) is 3. The molecule has 1 saturated heterocycles. The molecule has 8 heteroatoms. The second-order valence-electron chi connectivity index (χ2n) is 8.24. The molecule has 3 amide bonds. The molecule has 1 N–H and O–H groups in total. The summed E-state index contributed by atoms with van der Waals surface area (Å²) in [5.74, 6) is -0.760. The summed E-state index contributed by atoms with van der Waals surface area (Å²) in [6.07, 6.45) is 6.75. The number of likely N-dealkylation sites (N-methyl/N-ethyl adjacent to an activating group) is 1. The van der Waals surface area contributed by atoms with Crippen molar-refractivity contribution in [3.63, 3.8) is 0 Å². The number of rotatable bonds is 4. The molecule has 0 atom stereocenters. The molecule has 1 aromatic carbocycles. The van der Waals surface area contributed by atoms with Crippen molar-refractivity contribution in [1.82, 2.24) is 9.88 Å². The fraction of sp³-hybridized carbons (Fsp3) is 0.391. The van der Waals surface area contributed by atoms with Gasteiger partial charge in [-0.3, -0.25) is 4.79 Å². The van der Waals surface area contributed by atoms with Crippen LogP contribution >= 0.6 is 0 Å². The average Bonchev–Trinajstić information content (AvgIpc) is 3.06. The Hall–Kier alpha value is -3.16. The molecular weight excluding hydrogens is 402 g/mol. The molecule has 0 spiro atoms. The molecule has 2 heterocycles. The summed E-state index contributed by atoms with van der Waals surface area (Å²) in [4.78, 5) is 30.6. The zero-order valence-electron chi connectivity index (χ0n) is 17.4. The highest BCUT2D eigenvalue weighted by Crippen LogP contribution is 2.29. The fourth-order valence-electron chi connectivity index (χ4n) is 4.18. The Kier molecular flexibility index (Phi) is 6.06. The van der Waals surface area contributed by atoms with Gasteiger partial charge in [0.1, 0.15) is 30.5 Å². The van der Waals surface area contributed by atoms with E-state index in [1.54, 1.807) is 28.7 Å². The molecule has 6 nitrogen and oxygen atoms in total. The molecule has 1 aliphatic heterocycles. The standard InChI is InChI=1S/C23H24F2N4O2/c1-28-8-9-29(23(28)31)14-15-2-4-16(5-3-15)22(30)27-21-7-6-17(13-26-21)18-10-19(24)12-20(25)11-18/h6-7,10-16H,2-5,8-9H2,1H3/p+1. The number of hydrogen-bond donors (Lipinski definition) is 1. The number of amides is 3. The van der Waals surface area contributed by atoms with Gasteiger partial charge in [0.2, 0.25) is 5.91 Å². The highest BCUT2D eigenvalue weighted by Gasteiger charge is 2.33. The maximum Gasteiger partial charge on any atom is 0.492 e. The number of carbonyl (C=O) groups is 2. The second kappa shape index (κ2) is 8.91. The topological polar surface area (TPSA) is 65.3 Å². The first-order valence-corrected chi connectivity index (χ1v) is 10.5. The van der Waals surface area contributed by atoms with Gasteiger partial charge in [-0.2, -0.15) is 9.37 Å². The maximum absolute atomic E-state index is 13.4. The SMILES string of the molecule is CN1CC[N+](=CC2CCC(C(=O)Nc3ccc(-c4cc(F)cc(F)c4)cn3)CC2)C1=O. The van der Waals surface area contributed by atoms with E-state index < -0.39 is 11.6 Å². The molecule has 1 aromatic heterocycles. The first-order valence-electron chi connectivity index (χ1n) is 10.5. The lowest BCUT2D eigenvalue weighted by molar-refractivity contribution is -0.408. The van der Waals surface area contributed by atoms with Crippen molar-refractivity contribution >= 4 is 24.0 Å². The number of halogens is 2. The number of urea groups is 1. The van der Waals surface area contributed by atoms with Crippen molar-refractivity contribution in [3.8, 4) is 11.1 Å². The third-order valence-corrected chi connectivity index (χ3v) is 5.99. The zero-order valence-corrected chi connectivity index (χ0v) is 17.4. The van der Waals surface area contributed by atoms with Crippen LogP contribution in [-0.2, 0) is 4.79 Å². The highest BCUT2D eigenvalue weighted by atomic mass is 19.1. The van der Waals surface area contributed by atoms with Gasteiger partial charge in [0.25, 0.3) is 0 Å². The van der Waals surface area contributed by atoms with Gasteiger partial charge in [-0.15, -0.1) is 0 Å². The largest absolute Gasteiger partial charge is 0.492 e. The van der Waals surface area contributed by atoms with Crippen molar-refractivity contribution in [1.29, 1.82) is 0 Å². The van der Waals surface area contributed by atoms with Crippen LogP contribution in [-0.4, -0.2) is 52.7 Å². The predicted octanol–water partition coefficient (Wildman–Crippen LogP) is 3.92. The van der Waals surface area contributed by atoms with E-state index in [0.717, 1.165) is 44.8 Å². The number of carbonyl (C=O) groups excluding carboxylic acids is 2. The molecular formula is C23H25F2N4O2+. The molecule has 2 fully saturated rings. The molecule has 162 valence electrons. The Morgan fingerprint density at radius 1 is 1.13 bits per heavy atom. The van der Waals surface area contributed by atoms with Crippen LogP contribution in [0.15, 0.2) is 36.5 Å². The quantitative estimate of drug-likeness (QED) is 0.753. The summed E-state index contributed by atoms with van der Waals surface area (Å²) in [5.41, 5.74) is 0.953. The Morgan fingerprint density at radius 2 is 1.84 bits per heavy atom. The van der Waals surface area contributed by atoms with E-state index in [9.17, 15) is 18.4 Å². The molecule has 31 heavy (non-hydrogen) atoms. The third kappa shape index (κ3) is 4.95. The monoisotopic (exact) mass is 427 g/mol. The number of pyridine rings is 1. The van der Waals surface area contributed by atoms with Crippen LogP contribution < -0.4 is 5.32 Å². The van der Waals surface area contributed by atoms with Gasteiger partial charge < -0.3 is 5.32 Å². The van der Waals surface area contributed by atoms with Crippen LogP contribution in [0.25, 0.3) is 11.1 Å². The summed E-state index contributed by atoms with van der Waals surface area (Å²) in [6.45, 7) is 1.46. The molecule has 1 saturated carbocycles. The molecule has 0 unspecified atom stereocenters. The lowest BCUT2D eigenvalue weighted by atomic mass is 9.82. The summed E-state index contributed by atoms with van der Waals surface area (Å²) in [5, 5.41) is 2.83. The normalized spacial score (nSPS) is 22.7. The Morgan fingerprint density at radius 3 is 2.42 bits per heavy atom. The third-order valence-electron chi connectivity index (χ3n) is 5.99. The van der Waals surface area contributed by atoms with E-state index in [0.29, 0.717) is 22.9 Å². The fourth-order valence-corrected chi connectivity index (χ4v) is 4.18. The summed E-state index contributed by atoms with van der Waals surface area (Å²) in [6, 6.07) is 6.63. The van der Waals surface area contributed by atoms with Crippen molar-refractivity contribution in [2.45, 2.75) is 25.7 Å². The maximum atomic E-state index is 13.4. The second-order valence-corrected chi connectivity index (χ2v) is 8.24. The van der Waals surface area contributed by atoms with Gasteiger partial charge in [-0.1, -0.05) is 0 Å². The van der Waals surface area contributed by atoms with Crippen molar-refractivity contribution in [3.05, 3.63) is 48.2 Å². The van der Waals surface area contributed by atoms with Gasteiger partial charge in [-0.05, 0) is 55.5 Å². The molecule has 0 radical (unpaired) electrons. The summed E-state index contributed by atoms with van der Waals surface area (Å²) >= 11 is 0. The average molecular weight is 427 g/mol. The van der Waals surface area contributed by atoms with Crippen molar-refractivity contribution < 1.29 is 22.9 Å². The molecule has 4 rings (SSSR count). The van der Waals surface area contributed by atoms with Crippen molar-refractivity contribution in [2.24, 2.45) is 11.8 Å². The van der Waals surface area contributed by atoms with Crippen molar-refractivity contribution in [2.75, 3.05) is 25.5 Å². The number of benzene rings is 1. The summed E-state index contributed by atoms with van der Waals surface area (Å²) in [7, 11) is 1.80. The van der Waals surface area contributed by atoms with Crippen LogP contribution in [0.1, 0.15) is 25.7 Å². The van der Waals surface area contributed by atoms with Gasteiger partial charge >= 0.3 is 6.03 Å². The minimum absolute atomic E-state index is 0.0374. The van der Waals surface area contributed by atoms with E-state index in [1.165, 1.54) is 18.3 Å². The Labute approximate surface area is 179 Å². The van der Waals surface area contributed by atoms with E-state index >= 15 is 0 Å². The minimum atomic E-state index is -0.652. The number of aromatic nitrogens is 1. The van der Waals surface area contributed by atoms with E-state index in [4.69, 9.17) is 0 Å². The van der Waals surface area contributed by atoms with Crippen LogP contribution in [0.2, 0.25) is 0 Å². The van der Waals surface area contributed by atoms with Gasteiger partial charge in [0.05, 0.1) is 13.3 Å². The molecule has 2 aromatic rings. The lowest BCUT2D eigenvalue weighted by Crippen LogP contribution is -2.30. The van der Waals surface area contributed by atoms with Crippen LogP contribution in [0.4, 0.5) is 19.4 Å². The minimum Gasteiger partial charge on any atom is -0.310 e. The molecule has 1 aliphatic carbocycles. The van der Waals surface area contributed by atoms with Gasteiger partial charge in [0, 0.05) is 29.7 Å². The van der Waals surface area contributed by atoms with Crippen LogP contribution in [0.3, 0.4) is 0 Å². The molecule has 0 bridgehead atoms. The first kappa shape index (κ1) is 21.1. The van der Waals surface area contributed by atoms with Crippen LogP contribution in [0, 0.1) is 23.5 Å². The number of hydrogen-bond acceptors (Lipinski definition) is 3. The van der Waals surface area contributed by atoms with E-state index in [1.807, 2.05) is 6.21 Å². The van der Waals surface area contributed by atoms with E-state index in [2.05, 4.69) is 10.3 Å². The van der Waals surface area contributed by atoms with E-state index in [-0.39, 0.29) is 17.9 Å². The number of anilines is 1. The highest BCUT2D eigenvalue weighted by molar-refractivity contribution is 5.92. The Balaban J connectivity index is 1.32. The Bertz CT molecular complexity index is 994. The lowest BCUT2D eigenvalue weighted by Gasteiger charge is -2.25. The molecule has 2 aliphatic rings. The summed E-state index contributed by atoms with van der Waals surface area (Å²) < 4.78 is 28.6. The predicted molar refractivity (Wildman–Crippen MR) is 113 cm³/mol. The number of nitrogens with one attached hydrogen (secondary N) is 1. The zero-order chi connectivity index (χ0) is 22.0.